The van der Waals surface area contributed by atoms with Crippen LogP contribution in [-0.2, 0) is 35.7 Å². The fourth-order valence-electron chi connectivity index (χ4n) is 4.48. The minimum absolute atomic E-state index is 0. The van der Waals surface area contributed by atoms with Crippen molar-refractivity contribution in [3.8, 4) is 0 Å². The summed E-state index contributed by atoms with van der Waals surface area (Å²) in [6.07, 6.45) is 3.28. The molecule has 1 atom stereocenters. The Morgan fingerprint density at radius 3 is 2.17 bits per heavy atom. The van der Waals surface area contributed by atoms with Gasteiger partial charge in [-0.3, -0.25) is 4.90 Å². The number of nitrogens with zero attached hydrogens (tertiary/aromatic N) is 1. The second kappa shape index (κ2) is 9.18. The smallest absolute Gasteiger partial charge is 0.307 e. The van der Waals surface area contributed by atoms with Gasteiger partial charge in [0, 0.05) is 70.2 Å². The van der Waals surface area contributed by atoms with Gasteiger partial charge in [-0.1, -0.05) is 6.07 Å². The summed E-state index contributed by atoms with van der Waals surface area (Å²) in [5.74, 6) is 0. The molecule has 0 saturated carbocycles. The number of rotatable bonds is 5. The van der Waals surface area contributed by atoms with Crippen LogP contribution in [0.2, 0.25) is 0 Å². The summed E-state index contributed by atoms with van der Waals surface area (Å²) >= 11 is 0. The number of nitrogens with one attached hydrogen (secondary N) is 2. The molecule has 1 unspecified atom stereocenters. The van der Waals surface area contributed by atoms with Gasteiger partial charge in [-0.2, -0.15) is 0 Å². The van der Waals surface area contributed by atoms with Crippen LogP contribution in [0.15, 0.2) is 6.07 Å². The van der Waals surface area contributed by atoms with Gasteiger partial charge in [0.25, 0.3) is 6.43 Å². The van der Waals surface area contributed by atoms with Crippen molar-refractivity contribution in [1.82, 2.24) is 9.62 Å². The van der Waals surface area contributed by atoms with E-state index < -0.39 is 33.8 Å². The molecule has 4 rings (SSSR count). The zero-order chi connectivity index (χ0) is 20.1. The number of fused-ring (bicyclic) bond motifs is 2. The van der Waals surface area contributed by atoms with Gasteiger partial charge >= 0.3 is 6.03 Å². The maximum absolute atomic E-state index is 12.7. The van der Waals surface area contributed by atoms with Gasteiger partial charge < -0.3 is 5.32 Å². The molecular formula is C19H25F2KN3O3S. The van der Waals surface area contributed by atoms with Gasteiger partial charge in [0.1, 0.15) is 5.25 Å². The van der Waals surface area contributed by atoms with Crippen LogP contribution in [-0.4, -0.2) is 102 Å². The molecule has 2 aliphatic carbocycles. The van der Waals surface area contributed by atoms with Crippen molar-refractivity contribution in [3.05, 3.63) is 28.3 Å². The Kier molecular flexibility index (Phi) is 7.45. The molecule has 1 aromatic rings. The number of aryl methyl sites for hydroxylation is 2. The van der Waals surface area contributed by atoms with Gasteiger partial charge in [-0.25, -0.2) is 26.7 Å². The van der Waals surface area contributed by atoms with Gasteiger partial charge in [-0.15, -0.1) is 0 Å². The van der Waals surface area contributed by atoms with E-state index >= 15 is 0 Å². The number of hydrogen-bond acceptors (Lipinski definition) is 4. The third-order valence-electron chi connectivity index (χ3n) is 6.20. The number of amides is 2. The molecule has 29 heavy (non-hydrogen) atoms. The van der Waals surface area contributed by atoms with Crippen molar-refractivity contribution in [1.29, 1.82) is 0 Å². The second-order valence-electron chi connectivity index (χ2n) is 7.99. The van der Waals surface area contributed by atoms with Gasteiger partial charge in [-0.05, 0) is 67.7 Å². The summed E-state index contributed by atoms with van der Waals surface area (Å²) in [6.45, 7) is 1.37. The van der Waals surface area contributed by atoms with Crippen molar-refractivity contribution in [2.24, 2.45) is 0 Å². The number of urea groups is 1. The molecule has 1 aromatic carbocycles. The molecule has 1 saturated heterocycles. The molecule has 2 N–H and O–H groups in total. The maximum atomic E-state index is 12.7. The van der Waals surface area contributed by atoms with E-state index in [4.69, 9.17) is 0 Å². The van der Waals surface area contributed by atoms with Gasteiger partial charge in [0.2, 0.25) is 10.0 Å². The Labute approximate surface area is 212 Å². The SMILES string of the molecule is CC(C(F)F)N1CC(S(=O)(=O)NC(=O)Nc2c3c(cc4c2CCC4)CCC3)C1.[K]. The number of likely N-dealkylation sites (tertiary alicyclic amines) is 1. The number of halogens is 2. The number of anilines is 1. The normalized spacial score (nSPS) is 19.9. The molecule has 1 aliphatic heterocycles. The number of benzene rings is 1. The first-order valence-electron chi connectivity index (χ1n) is 9.77. The van der Waals surface area contributed by atoms with Crippen molar-refractivity contribution >= 4 is 73.1 Å². The van der Waals surface area contributed by atoms with Crippen molar-refractivity contribution < 1.29 is 22.0 Å². The minimum Gasteiger partial charge on any atom is -0.307 e. The van der Waals surface area contributed by atoms with Crippen LogP contribution in [0.1, 0.15) is 42.0 Å². The minimum atomic E-state index is -3.91. The number of carbonyl (C=O) groups excluding carboxylic acids is 1. The number of sulfonamides is 1. The first kappa shape index (κ1) is 23.6. The predicted molar refractivity (Wildman–Crippen MR) is 108 cm³/mol. The Morgan fingerprint density at radius 1 is 1.10 bits per heavy atom. The average Bonchev–Trinajstić information content (AvgIpc) is 3.20. The Morgan fingerprint density at radius 2 is 1.66 bits per heavy atom. The van der Waals surface area contributed by atoms with E-state index in [1.807, 2.05) is 0 Å². The van der Waals surface area contributed by atoms with E-state index in [-0.39, 0.29) is 64.5 Å². The zero-order valence-electron chi connectivity index (χ0n) is 16.8. The first-order valence-corrected chi connectivity index (χ1v) is 11.3. The average molecular weight is 453 g/mol. The van der Waals surface area contributed by atoms with Gasteiger partial charge in [0.05, 0.1) is 6.04 Å². The molecule has 0 spiro atoms. The molecular weight excluding hydrogens is 427 g/mol. The summed E-state index contributed by atoms with van der Waals surface area (Å²) < 4.78 is 52.4. The molecule has 2 amide bonds. The van der Waals surface area contributed by atoms with Crippen LogP contribution in [0.5, 0.6) is 0 Å². The molecule has 10 heteroatoms. The molecule has 0 aromatic heterocycles. The molecule has 1 radical (unpaired) electrons. The van der Waals surface area contributed by atoms with Crippen LogP contribution < -0.4 is 10.0 Å². The van der Waals surface area contributed by atoms with E-state index in [1.54, 1.807) is 0 Å². The summed E-state index contributed by atoms with van der Waals surface area (Å²) in [7, 11) is -3.91. The van der Waals surface area contributed by atoms with Crippen molar-refractivity contribution in [2.45, 2.75) is 63.2 Å². The zero-order valence-corrected chi connectivity index (χ0v) is 20.7. The van der Waals surface area contributed by atoms with Crippen LogP contribution in [0, 0.1) is 0 Å². The summed E-state index contributed by atoms with van der Waals surface area (Å²) in [4.78, 5) is 13.9. The van der Waals surface area contributed by atoms with Crippen LogP contribution >= 0.6 is 0 Å². The summed E-state index contributed by atoms with van der Waals surface area (Å²) in [6, 6.07) is 0.474. The fraction of sp³-hybridized carbons (Fsp3) is 0.632. The topological polar surface area (TPSA) is 78.5 Å². The first-order chi connectivity index (χ1) is 13.3. The molecule has 6 nitrogen and oxygen atoms in total. The van der Waals surface area contributed by atoms with E-state index in [9.17, 15) is 22.0 Å². The maximum Gasteiger partial charge on any atom is 0.332 e. The molecule has 3 aliphatic rings. The Balaban J connectivity index is 0.00000240. The predicted octanol–water partition coefficient (Wildman–Crippen LogP) is 2.07. The number of carbonyl (C=O) groups is 1. The molecule has 1 heterocycles. The van der Waals surface area contributed by atoms with Crippen molar-refractivity contribution in [2.75, 3.05) is 18.4 Å². The largest absolute Gasteiger partial charge is 0.332 e. The Bertz CT molecular complexity index is 872. The number of hydrogen-bond donors (Lipinski definition) is 2. The third kappa shape index (κ3) is 4.73. The summed E-state index contributed by atoms with van der Waals surface area (Å²) in [5, 5.41) is 1.94. The van der Waals surface area contributed by atoms with E-state index in [2.05, 4.69) is 16.1 Å². The van der Waals surface area contributed by atoms with Crippen LogP contribution in [0.4, 0.5) is 19.3 Å². The summed E-state index contributed by atoms with van der Waals surface area (Å²) in [5.41, 5.74) is 5.50. The van der Waals surface area contributed by atoms with Crippen molar-refractivity contribution in [3.63, 3.8) is 0 Å². The van der Waals surface area contributed by atoms with Crippen LogP contribution in [0.3, 0.4) is 0 Å². The van der Waals surface area contributed by atoms with E-state index in [0.29, 0.717) is 0 Å². The van der Waals surface area contributed by atoms with E-state index in [0.717, 1.165) is 55.3 Å². The Hall–Kier alpha value is -0.104. The van der Waals surface area contributed by atoms with Crippen LogP contribution in [0.25, 0.3) is 0 Å². The molecule has 155 valence electrons. The number of alkyl halides is 2. The monoisotopic (exact) mass is 452 g/mol. The van der Waals surface area contributed by atoms with E-state index in [1.165, 1.54) is 23.0 Å². The third-order valence-corrected chi connectivity index (χ3v) is 7.85. The van der Waals surface area contributed by atoms with Gasteiger partial charge in [0.15, 0.2) is 0 Å². The fourth-order valence-corrected chi connectivity index (χ4v) is 5.73. The standard InChI is InChI=1S/C19H25F2N3O3S.K/c1-11(18(20)21)24-9-14(10-24)28(26,27)23-19(25)22-17-15-6-2-4-12(15)8-13-5-3-7-16(13)17;/h8,11,14,18H,2-7,9-10H2,1H3,(H2,22,23,25);. The molecule has 0 bridgehead atoms. The quantitative estimate of drug-likeness (QED) is 0.671. The second-order valence-corrected chi connectivity index (χ2v) is 9.95. The molecule has 1 fully saturated rings.